The normalized spacial score (nSPS) is 18.4. The largest absolute Gasteiger partial charge is 0.329 e. The molecular weight excluding hydrogens is 252 g/mol. The van der Waals surface area contributed by atoms with Crippen LogP contribution < -0.4 is 5.73 Å². The van der Waals surface area contributed by atoms with Gasteiger partial charge in [0.05, 0.1) is 6.42 Å². The van der Waals surface area contributed by atoms with Crippen LogP contribution in [-0.2, 0) is 17.8 Å². The summed E-state index contributed by atoms with van der Waals surface area (Å²) >= 11 is 0. The number of rotatable bonds is 6. The average Bonchev–Trinajstić information content (AvgIpc) is 2.86. The zero-order valence-electron chi connectivity index (χ0n) is 12.6. The van der Waals surface area contributed by atoms with Gasteiger partial charge < -0.3 is 5.73 Å². The molecular formula is C15H26N4O. The van der Waals surface area contributed by atoms with E-state index in [1.165, 1.54) is 6.42 Å². The molecule has 5 nitrogen and oxygen atoms in total. The average molecular weight is 278 g/mol. The topological polar surface area (TPSA) is 73.8 Å². The number of nitrogens with two attached hydrogens (primary N) is 1. The van der Waals surface area contributed by atoms with Crippen LogP contribution in [0.3, 0.4) is 0 Å². The molecule has 5 heteroatoms. The van der Waals surface area contributed by atoms with Gasteiger partial charge in [0.2, 0.25) is 0 Å². The first-order valence-corrected chi connectivity index (χ1v) is 7.67. The Morgan fingerprint density at radius 1 is 1.40 bits per heavy atom. The van der Waals surface area contributed by atoms with Crippen LogP contribution in [0, 0.1) is 11.3 Å². The van der Waals surface area contributed by atoms with Crippen molar-refractivity contribution in [3.8, 4) is 0 Å². The second kappa shape index (κ2) is 6.48. The zero-order chi connectivity index (χ0) is 14.6. The molecule has 112 valence electrons. The number of hydrogen-bond donors (Lipinski definition) is 1. The quantitative estimate of drug-likeness (QED) is 0.863. The highest BCUT2D eigenvalue weighted by Crippen LogP contribution is 2.36. The van der Waals surface area contributed by atoms with Crippen LogP contribution in [0.5, 0.6) is 0 Å². The van der Waals surface area contributed by atoms with Gasteiger partial charge in [-0.05, 0) is 18.8 Å². The SMILES string of the molecule is CC(C)Cn1ncnc1CC(=O)C1(CN)CCCCC1. The minimum absolute atomic E-state index is 0.248. The summed E-state index contributed by atoms with van der Waals surface area (Å²) in [5, 5.41) is 4.23. The van der Waals surface area contributed by atoms with E-state index < -0.39 is 0 Å². The molecule has 0 atom stereocenters. The third kappa shape index (κ3) is 3.26. The summed E-state index contributed by atoms with van der Waals surface area (Å²) in [5.74, 6) is 1.52. The molecule has 1 aromatic rings. The van der Waals surface area contributed by atoms with E-state index in [1.54, 1.807) is 6.33 Å². The third-order valence-corrected chi connectivity index (χ3v) is 4.35. The van der Waals surface area contributed by atoms with Crippen LogP contribution in [0.4, 0.5) is 0 Å². The van der Waals surface area contributed by atoms with Crippen LogP contribution in [-0.4, -0.2) is 27.1 Å². The molecule has 0 bridgehead atoms. The van der Waals surface area contributed by atoms with Gasteiger partial charge in [0, 0.05) is 18.5 Å². The first-order chi connectivity index (χ1) is 9.57. The Hall–Kier alpha value is -1.23. The molecule has 0 aliphatic heterocycles. The summed E-state index contributed by atoms with van der Waals surface area (Å²) in [6, 6.07) is 0. The van der Waals surface area contributed by atoms with Crippen molar-refractivity contribution in [2.75, 3.05) is 6.54 Å². The highest BCUT2D eigenvalue weighted by Gasteiger charge is 2.38. The molecule has 1 aromatic heterocycles. The van der Waals surface area contributed by atoms with E-state index in [0.717, 1.165) is 38.1 Å². The number of carbonyl (C=O) groups excluding carboxylic acids is 1. The first-order valence-electron chi connectivity index (χ1n) is 7.67. The molecule has 20 heavy (non-hydrogen) atoms. The Bertz CT molecular complexity index is 446. The van der Waals surface area contributed by atoms with Crippen molar-refractivity contribution >= 4 is 5.78 Å². The lowest BCUT2D eigenvalue weighted by molar-refractivity contribution is -0.129. The Labute approximate surface area is 120 Å². The van der Waals surface area contributed by atoms with Gasteiger partial charge in [0.15, 0.2) is 0 Å². The molecule has 0 amide bonds. The van der Waals surface area contributed by atoms with E-state index >= 15 is 0 Å². The Morgan fingerprint density at radius 3 is 2.70 bits per heavy atom. The van der Waals surface area contributed by atoms with E-state index in [2.05, 4.69) is 23.9 Å². The van der Waals surface area contributed by atoms with E-state index in [1.807, 2.05) is 4.68 Å². The van der Waals surface area contributed by atoms with Gasteiger partial charge in [-0.25, -0.2) is 9.67 Å². The maximum absolute atomic E-state index is 12.7. The van der Waals surface area contributed by atoms with Gasteiger partial charge in [0.1, 0.15) is 17.9 Å². The molecule has 0 saturated heterocycles. The summed E-state index contributed by atoms with van der Waals surface area (Å²) < 4.78 is 1.86. The van der Waals surface area contributed by atoms with Crippen molar-refractivity contribution in [2.24, 2.45) is 17.1 Å². The fourth-order valence-electron chi connectivity index (χ4n) is 3.08. The lowest BCUT2D eigenvalue weighted by atomic mass is 9.70. The summed E-state index contributed by atoms with van der Waals surface area (Å²) in [4.78, 5) is 17.0. The lowest BCUT2D eigenvalue weighted by Gasteiger charge is -2.34. The molecule has 1 aliphatic carbocycles. The number of nitrogens with zero attached hydrogens (tertiary/aromatic N) is 3. The van der Waals surface area contributed by atoms with Crippen molar-refractivity contribution in [3.63, 3.8) is 0 Å². The van der Waals surface area contributed by atoms with Crippen molar-refractivity contribution in [3.05, 3.63) is 12.2 Å². The zero-order valence-corrected chi connectivity index (χ0v) is 12.6. The molecule has 1 aliphatic rings. The number of aromatic nitrogens is 3. The number of carbonyl (C=O) groups is 1. The summed E-state index contributed by atoms with van der Waals surface area (Å²) in [6.07, 6.45) is 7.22. The fraction of sp³-hybridized carbons (Fsp3) is 0.800. The molecule has 1 heterocycles. The second-order valence-electron chi connectivity index (χ2n) is 6.40. The van der Waals surface area contributed by atoms with Crippen molar-refractivity contribution in [1.82, 2.24) is 14.8 Å². The van der Waals surface area contributed by atoms with E-state index in [0.29, 0.717) is 18.9 Å². The van der Waals surface area contributed by atoms with E-state index in [-0.39, 0.29) is 11.2 Å². The van der Waals surface area contributed by atoms with Gasteiger partial charge in [0.25, 0.3) is 0 Å². The number of ketones is 1. The third-order valence-electron chi connectivity index (χ3n) is 4.35. The van der Waals surface area contributed by atoms with Crippen LogP contribution in [0.25, 0.3) is 0 Å². The maximum atomic E-state index is 12.7. The monoisotopic (exact) mass is 278 g/mol. The molecule has 0 unspecified atom stereocenters. The number of Topliss-reactive ketones (excluding diaryl/α,β-unsaturated/α-hetero) is 1. The molecule has 0 spiro atoms. The maximum Gasteiger partial charge on any atom is 0.147 e. The molecule has 0 aromatic carbocycles. The highest BCUT2D eigenvalue weighted by atomic mass is 16.1. The van der Waals surface area contributed by atoms with Gasteiger partial charge >= 0.3 is 0 Å². The van der Waals surface area contributed by atoms with E-state index in [9.17, 15) is 4.79 Å². The lowest BCUT2D eigenvalue weighted by Crippen LogP contribution is -2.41. The first kappa shape index (κ1) is 15.2. The minimum Gasteiger partial charge on any atom is -0.329 e. The standard InChI is InChI=1S/C15H26N4O/c1-12(2)9-19-14(17-11-18-19)8-13(20)15(10-16)6-4-3-5-7-15/h11-12H,3-10,16H2,1-2H3. The van der Waals surface area contributed by atoms with E-state index in [4.69, 9.17) is 5.73 Å². The van der Waals surface area contributed by atoms with Gasteiger partial charge in [-0.3, -0.25) is 4.79 Å². The smallest absolute Gasteiger partial charge is 0.147 e. The molecule has 1 fully saturated rings. The summed E-state index contributed by atoms with van der Waals surface area (Å²) in [5.41, 5.74) is 5.61. The van der Waals surface area contributed by atoms with Crippen LogP contribution in [0.1, 0.15) is 51.8 Å². The molecule has 1 saturated carbocycles. The summed E-state index contributed by atoms with van der Waals surface area (Å²) in [7, 11) is 0. The number of hydrogen-bond acceptors (Lipinski definition) is 4. The van der Waals surface area contributed by atoms with Gasteiger partial charge in [-0.2, -0.15) is 5.10 Å². The Morgan fingerprint density at radius 2 is 2.10 bits per heavy atom. The van der Waals surface area contributed by atoms with Gasteiger partial charge in [-0.1, -0.05) is 33.1 Å². The molecule has 2 N–H and O–H groups in total. The Kier molecular flexibility index (Phi) is 4.91. The molecule has 0 radical (unpaired) electrons. The van der Waals surface area contributed by atoms with Crippen molar-refractivity contribution < 1.29 is 4.79 Å². The van der Waals surface area contributed by atoms with Crippen molar-refractivity contribution in [1.29, 1.82) is 0 Å². The van der Waals surface area contributed by atoms with Crippen LogP contribution in [0.15, 0.2) is 6.33 Å². The van der Waals surface area contributed by atoms with Gasteiger partial charge in [-0.15, -0.1) is 0 Å². The molecule has 2 rings (SSSR count). The fourth-order valence-corrected chi connectivity index (χ4v) is 3.08. The Balaban J connectivity index is 2.08. The second-order valence-corrected chi connectivity index (χ2v) is 6.40. The predicted octanol–water partition coefficient (Wildman–Crippen LogP) is 1.95. The van der Waals surface area contributed by atoms with Crippen molar-refractivity contribution in [2.45, 2.75) is 58.9 Å². The van der Waals surface area contributed by atoms with Crippen LogP contribution >= 0.6 is 0 Å². The predicted molar refractivity (Wildman–Crippen MR) is 78.1 cm³/mol. The van der Waals surface area contributed by atoms with Crippen LogP contribution in [0.2, 0.25) is 0 Å². The summed E-state index contributed by atoms with van der Waals surface area (Å²) in [6.45, 7) is 5.54. The minimum atomic E-state index is -0.313. The highest BCUT2D eigenvalue weighted by molar-refractivity contribution is 5.86.